The molecule has 0 bridgehead atoms. The molecule has 1 saturated carbocycles. The minimum Gasteiger partial charge on any atom is -0.384 e. The van der Waals surface area contributed by atoms with Crippen LogP contribution < -0.4 is 5.32 Å². The molecule has 1 N–H and O–H groups in total. The van der Waals surface area contributed by atoms with Crippen molar-refractivity contribution < 1.29 is 0 Å². The van der Waals surface area contributed by atoms with Crippen molar-refractivity contribution in [2.45, 2.75) is 39.0 Å². The number of halogens is 1. The van der Waals surface area contributed by atoms with Crippen molar-refractivity contribution >= 4 is 17.3 Å². The third-order valence-electron chi connectivity index (χ3n) is 4.02. The van der Waals surface area contributed by atoms with Gasteiger partial charge < -0.3 is 5.32 Å². The van der Waals surface area contributed by atoms with Gasteiger partial charge in [-0.1, -0.05) is 37.8 Å². The first-order valence-corrected chi connectivity index (χ1v) is 7.50. The second-order valence-electron chi connectivity index (χ2n) is 5.65. The lowest BCUT2D eigenvalue weighted by Crippen LogP contribution is -2.16. The second kappa shape index (κ2) is 6.82. The van der Waals surface area contributed by atoms with Crippen LogP contribution in [0.4, 0.5) is 5.69 Å². The summed E-state index contributed by atoms with van der Waals surface area (Å²) in [5.74, 6) is 1.72. The first-order valence-electron chi connectivity index (χ1n) is 7.12. The Balaban J connectivity index is 1.84. The molecule has 19 heavy (non-hydrogen) atoms. The van der Waals surface area contributed by atoms with Gasteiger partial charge in [0.2, 0.25) is 0 Å². The van der Waals surface area contributed by atoms with E-state index in [0.717, 1.165) is 24.1 Å². The molecule has 1 aliphatic carbocycles. The fourth-order valence-corrected chi connectivity index (χ4v) is 3.17. The quantitative estimate of drug-likeness (QED) is 0.854. The van der Waals surface area contributed by atoms with Gasteiger partial charge in [0, 0.05) is 11.6 Å². The molecule has 1 aromatic carbocycles. The van der Waals surface area contributed by atoms with Crippen molar-refractivity contribution in [3.05, 3.63) is 28.8 Å². The van der Waals surface area contributed by atoms with Gasteiger partial charge in [-0.15, -0.1) is 0 Å². The molecule has 0 aliphatic heterocycles. The lowest BCUT2D eigenvalue weighted by Gasteiger charge is -2.26. The third-order valence-corrected chi connectivity index (χ3v) is 4.25. The van der Waals surface area contributed by atoms with Crippen LogP contribution in [0.3, 0.4) is 0 Å². The number of anilines is 1. The molecule has 1 fully saturated rings. The summed E-state index contributed by atoms with van der Waals surface area (Å²) in [6.45, 7) is 3.29. The molecule has 2 atom stereocenters. The van der Waals surface area contributed by atoms with Crippen LogP contribution in [0.1, 0.15) is 44.6 Å². The fourth-order valence-electron chi connectivity index (χ4n) is 3.00. The van der Waals surface area contributed by atoms with Gasteiger partial charge in [0.15, 0.2) is 0 Å². The predicted molar refractivity (Wildman–Crippen MR) is 80.4 cm³/mol. The van der Waals surface area contributed by atoms with E-state index >= 15 is 0 Å². The maximum Gasteiger partial charge on any atom is 0.101 e. The van der Waals surface area contributed by atoms with Crippen molar-refractivity contribution in [2.75, 3.05) is 11.9 Å². The molecule has 2 rings (SSSR count). The molecular weight excluding hydrogens is 256 g/mol. The molecule has 0 aromatic heterocycles. The lowest BCUT2D eigenvalue weighted by molar-refractivity contribution is 0.274. The van der Waals surface area contributed by atoms with Gasteiger partial charge in [-0.3, -0.25) is 0 Å². The van der Waals surface area contributed by atoms with Crippen molar-refractivity contribution in [3.8, 4) is 6.07 Å². The molecule has 3 heteroatoms. The Kier molecular flexibility index (Phi) is 5.10. The summed E-state index contributed by atoms with van der Waals surface area (Å²) in [5, 5.41) is 13.1. The van der Waals surface area contributed by atoms with E-state index in [9.17, 15) is 0 Å². The van der Waals surface area contributed by atoms with E-state index in [-0.39, 0.29) is 0 Å². The number of nitrogens with zero attached hydrogens (tertiary/aromatic N) is 1. The molecule has 2 nitrogen and oxygen atoms in total. The minimum atomic E-state index is 0.614. The van der Waals surface area contributed by atoms with E-state index in [1.165, 1.54) is 32.1 Å². The Hall–Kier alpha value is -1.20. The molecular formula is C16H21ClN2. The van der Waals surface area contributed by atoms with Crippen molar-refractivity contribution in [1.29, 1.82) is 5.26 Å². The molecule has 0 saturated heterocycles. The fraction of sp³-hybridized carbons (Fsp3) is 0.562. The van der Waals surface area contributed by atoms with E-state index in [1.54, 1.807) is 6.07 Å². The number of hydrogen-bond acceptors (Lipinski definition) is 2. The zero-order valence-electron chi connectivity index (χ0n) is 11.5. The molecule has 1 aromatic rings. The molecule has 1 aliphatic rings. The topological polar surface area (TPSA) is 35.8 Å². The van der Waals surface area contributed by atoms with Gasteiger partial charge in [-0.05, 0) is 42.9 Å². The van der Waals surface area contributed by atoms with Gasteiger partial charge >= 0.3 is 0 Å². The van der Waals surface area contributed by atoms with Crippen LogP contribution in [-0.4, -0.2) is 6.54 Å². The first-order chi connectivity index (χ1) is 9.19. The number of hydrogen-bond donors (Lipinski definition) is 1. The Bertz CT molecular complexity index is 464. The highest BCUT2D eigenvalue weighted by Crippen LogP contribution is 2.30. The van der Waals surface area contributed by atoms with Crippen LogP contribution in [-0.2, 0) is 0 Å². The molecule has 2 unspecified atom stereocenters. The van der Waals surface area contributed by atoms with Gasteiger partial charge in [0.25, 0.3) is 0 Å². The monoisotopic (exact) mass is 276 g/mol. The molecule has 0 spiro atoms. The van der Waals surface area contributed by atoms with E-state index in [2.05, 4.69) is 18.3 Å². The Labute approximate surface area is 120 Å². The SMILES string of the molecule is CC1CCCC(CCNc2ccc(Cl)cc2C#N)C1. The first kappa shape index (κ1) is 14.2. The number of benzene rings is 1. The maximum absolute atomic E-state index is 9.08. The van der Waals surface area contributed by atoms with Crippen molar-refractivity contribution in [2.24, 2.45) is 11.8 Å². The summed E-state index contributed by atoms with van der Waals surface area (Å²) < 4.78 is 0. The van der Waals surface area contributed by atoms with Gasteiger partial charge in [0.05, 0.1) is 11.3 Å². The Morgan fingerprint density at radius 3 is 3.00 bits per heavy atom. The predicted octanol–water partition coefficient (Wildman–Crippen LogP) is 4.84. The summed E-state index contributed by atoms with van der Waals surface area (Å²) in [6, 6.07) is 7.62. The highest BCUT2D eigenvalue weighted by atomic mass is 35.5. The van der Waals surface area contributed by atoms with Gasteiger partial charge in [0.1, 0.15) is 6.07 Å². The van der Waals surface area contributed by atoms with E-state index in [1.807, 2.05) is 12.1 Å². The lowest BCUT2D eigenvalue weighted by atomic mass is 9.81. The van der Waals surface area contributed by atoms with Gasteiger partial charge in [-0.25, -0.2) is 0 Å². The zero-order chi connectivity index (χ0) is 13.7. The Morgan fingerprint density at radius 2 is 2.26 bits per heavy atom. The summed E-state index contributed by atoms with van der Waals surface area (Å²) in [4.78, 5) is 0. The molecule has 0 radical (unpaired) electrons. The molecule has 0 heterocycles. The highest BCUT2D eigenvalue weighted by molar-refractivity contribution is 6.30. The number of nitrogens with one attached hydrogen (secondary N) is 1. The average molecular weight is 277 g/mol. The van der Waals surface area contributed by atoms with Crippen molar-refractivity contribution in [3.63, 3.8) is 0 Å². The van der Waals surface area contributed by atoms with Crippen LogP contribution in [0.25, 0.3) is 0 Å². The summed E-state index contributed by atoms with van der Waals surface area (Å²) in [5.41, 5.74) is 1.53. The van der Waals surface area contributed by atoms with Crippen LogP contribution >= 0.6 is 11.6 Å². The van der Waals surface area contributed by atoms with E-state index in [0.29, 0.717) is 10.6 Å². The number of nitriles is 1. The van der Waals surface area contributed by atoms with Crippen LogP contribution in [0.2, 0.25) is 5.02 Å². The van der Waals surface area contributed by atoms with Crippen molar-refractivity contribution in [1.82, 2.24) is 0 Å². The highest BCUT2D eigenvalue weighted by Gasteiger charge is 2.18. The van der Waals surface area contributed by atoms with E-state index in [4.69, 9.17) is 16.9 Å². The smallest absolute Gasteiger partial charge is 0.101 e. The maximum atomic E-state index is 9.08. The van der Waals surface area contributed by atoms with Crippen LogP contribution in [0, 0.1) is 23.2 Å². The minimum absolute atomic E-state index is 0.614. The van der Waals surface area contributed by atoms with Crippen LogP contribution in [0.15, 0.2) is 18.2 Å². The van der Waals surface area contributed by atoms with Gasteiger partial charge in [-0.2, -0.15) is 5.26 Å². The zero-order valence-corrected chi connectivity index (χ0v) is 12.2. The van der Waals surface area contributed by atoms with Crippen LogP contribution in [0.5, 0.6) is 0 Å². The summed E-state index contributed by atoms with van der Waals surface area (Å²) in [6.07, 6.45) is 6.67. The average Bonchev–Trinajstić information content (AvgIpc) is 2.40. The summed E-state index contributed by atoms with van der Waals surface area (Å²) >= 11 is 5.89. The normalized spacial score (nSPS) is 22.8. The third kappa shape index (κ3) is 4.14. The standard InChI is InChI=1S/C16H21ClN2/c1-12-3-2-4-13(9-12)7-8-19-16-6-5-15(17)10-14(16)11-18/h5-6,10,12-13,19H,2-4,7-9H2,1H3. The summed E-state index contributed by atoms with van der Waals surface area (Å²) in [7, 11) is 0. The van der Waals surface area contributed by atoms with E-state index < -0.39 is 0 Å². The Morgan fingerprint density at radius 1 is 1.42 bits per heavy atom. The molecule has 0 amide bonds. The number of rotatable bonds is 4. The second-order valence-corrected chi connectivity index (χ2v) is 6.09. The molecule has 102 valence electrons. The largest absolute Gasteiger partial charge is 0.384 e.